The van der Waals surface area contributed by atoms with Crippen LogP contribution in [0.5, 0.6) is 0 Å². The molecule has 10 heteroatoms. The molecule has 0 unspecified atom stereocenters. The van der Waals surface area contributed by atoms with Crippen molar-refractivity contribution >= 4 is 0 Å². The highest BCUT2D eigenvalue weighted by Gasteiger charge is 2.37. The highest BCUT2D eigenvalue weighted by Crippen LogP contribution is 2.22. The Kier molecular flexibility index (Phi) is 11.0. The summed E-state index contributed by atoms with van der Waals surface area (Å²) < 4.78 is 28.8. The molecule has 1 aromatic rings. The number of hydrogen-bond acceptors (Lipinski definition) is 9. The van der Waals surface area contributed by atoms with Crippen LogP contribution in [-0.4, -0.2) is 90.0 Å². The number of methoxy groups -OCH3 is 1. The van der Waals surface area contributed by atoms with Gasteiger partial charge in [-0.3, -0.25) is 0 Å². The number of hydrogen-bond donors (Lipinski definition) is 2. The van der Waals surface area contributed by atoms with E-state index >= 15 is 0 Å². The fourth-order valence-corrected chi connectivity index (χ4v) is 2.83. The maximum Gasteiger partial charge on any atom is 0.160 e. The van der Waals surface area contributed by atoms with Crippen molar-refractivity contribution in [1.82, 2.24) is 15.0 Å². The Balaban J connectivity index is 1.57. The van der Waals surface area contributed by atoms with Crippen LogP contribution in [0.15, 0.2) is 6.20 Å². The summed E-state index contributed by atoms with van der Waals surface area (Å²) in [7, 11) is 1.50. The minimum atomic E-state index is -1.00. The molecule has 29 heavy (non-hydrogen) atoms. The van der Waals surface area contributed by atoms with Gasteiger partial charge in [-0.2, -0.15) is 0 Å². The maximum atomic E-state index is 10.1. The molecule has 1 aliphatic rings. The fourth-order valence-electron chi connectivity index (χ4n) is 2.83. The van der Waals surface area contributed by atoms with Crippen LogP contribution in [0, 0.1) is 5.92 Å². The zero-order valence-corrected chi connectivity index (χ0v) is 17.6. The molecule has 4 atom stereocenters. The third-order valence-corrected chi connectivity index (χ3v) is 4.59. The Morgan fingerprint density at radius 2 is 1.83 bits per heavy atom. The fraction of sp³-hybridized carbons (Fsp3) is 0.895. The number of aliphatic hydroxyl groups excluding tert-OH is 2. The first-order valence-corrected chi connectivity index (χ1v) is 10.2. The lowest BCUT2D eigenvalue weighted by molar-refractivity contribution is -0.245. The number of nitrogens with zero attached hydrogens (tertiary/aromatic N) is 3. The van der Waals surface area contributed by atoms with Crippen molar-refractivity contribution in [3.05, 3.63) is 11.9 Å². The summed E-state index contributed by atoms with van der Waals surface area (Å²) in [4.78, 5) is 0. The van der Waals surface area contributed by atoms with Gasteiger partial charge in [-0.15, -0.1) is 5.10 Å². The van der Waals surface area contributed by atoms with Gasteiger partial charge < -0.3 is 33.9 Å². The summed E-state index contributed by atoms with van der Waals surface area (Å²) in [6, 6.07) is 0. The van der Waals surface area contributed by atoms with Crippen LogP contribution in [0.3, 0.4) is 0 Å². The van der Waals surface area contributed by atoms with Gasteiger partial charge in [-0.05, 0) is 12.3 Å². The average molecular weight is 418 g/mol. The van der Waals surface area contributed by atoms with Crippen LogP contribution in [-0.2, 0) is 36.8 Å². The summed E-state index contributed by atoms with van der Waals surface area (Å²) in [5.41, 5.74) is 0.663. The third-order valence-electron chi connectivity index (χ3n) is 4.59. The van der Waals surface area contributed by atoms with Crippen molar-refractivity contribution in [3.8, 4) is 0 Å². The van der Waals surface area contributed by atoms with Crippen molar-refractivity contribution < 1.29 is 33.9 Å². The molecule has 1 aromatic heterocycles. The molecule has 2 rings (SSSR count). The van der Waals surface area contributed by atoms with Crippen molar-refractivity contribution in [1.29, 1.82) is 0 Å². The smallest absolute Gasteiger partial charge is 0.160 e. The Bertz CT molecular complexity index is 558. The first-order chi connectivity index (χ1) is 14.0. The molecule has 0 bridgehead atoms. The minimum absolute atomic E-state index is 0.233. The van der Waals surface area contributed by atoms with Crippen LogP contribution in [0.1, 0.15) is 32.4 Å². The van der Waals surface area contributed by atoms with Crippen LogP contribution in [0.25, 0.3) is 0 Å². The minimum Gasteiger partial charge on any atom is -0.390 e. The lowest BCUT2D eigenvalue weighted by Gasteiger charge is -2.36. The van der Waals surface area contributed by atoms with Gasteiger partial charge in [0.05, 0.1) is 51.9 Å². The van der Waals surface area contributed by atoms with E-state index in [-0.39, 0.29) is 13.0 Å². The van der Waals surface area contributed by atoms with E-state index in [2.05, 4.69) is 24.2 Å². The van der Waals surface area contributed by atoms with Crippen molar-refractivity contribution in [3.63, 3.8) is 0 Å². The van der Waals surface area contributed by atoms with Crippen molar-refractivity contribution in [2.24, 2.45) is 5.92 Å². The van der Waals surface area contributed by atoms with E-state index in [0.29, 0.717) is 44.6 Å². The molecule has 0 aliphatic carbocycles. The van der Waals surface area contributed by atoms with Gasteiger partial charge in [-0.1, -0.05) is 19.1 Å². The molecule has 2 heterocycles. The zero-order chi connectivity index (χ0) is 21.1. The lowest BCUT2D eigenvalue weighted by atomic mass is 10.0. The Morgan fingerprint density at radius 1 is 1.14 bits per heavy atom. The number of aromatic nitrogens is 3. The summed E-state index contributed by atoms with van der Waals surface area (Å²) >= 11 is 0. The van der Waals surface area contributed by atoms with Gasteiger partial charge in [0.15, 0.2) is 6.29 Å². The molecular formula is C19H35N3O7. The molecule has 168 valence electrons. The van der Waals surface area contributed by atoms with Gasteiger partial charge in [0, 0.05) is 20.1 Å². The molecule has 0 spiro atoms. The van der Waals surface area contributed by atoms with E-state index in [9.17, 15) is 10.2 Å². The average Bonchev–Trinajstić information content (AvgIpc) is 3.13. The second-order valence-corrected chi connectivity index (χ2v) is 7.53. The molecule has 0 amide bonds. The van der Waals surface area contributed by atoms with Crippen LogP contribution < -0.4 is 0 Å². The first-order valence-electron chi connectivity index (χ1n) is 10.2. The maximum absolute atomic E-state index is 10.1. The number of aliphatic hydroxyl groups is 2. The zero-order valence-electron chi connectivity index (χ0n) is 17.6. The number of ether oxygens (including phenoxy) is 5. The second-order valence-electron chi connectivity index (χ2n) is 7.53. The summed E-state index contributed by atoms with van der Waals surface area (Å²) in [5.74, 6) is 0.649. The van der Waals surface area contributed by atoms with Gasteiger partial charge in [0.2, 0.25) is 0 Å². The summed E-state index contributed by atoms with van der Waals surface area (Å²) in [6.07, 6.45) is -0.0644. The second kappa shape index (κ2) is 13.2. The largest absolute Gasteiger partial charge is 0.390 e. The number of rotatable bonds is 14. The molecule has 0 radical (unpaired) electrons. The predicted octanol–water partition coefficient (Wildman–Crippen LogP) is 0.357. The Morgan fingerprint density at radius 3 is 2.52 bits per heavy atom. The van der Waals surface area contributed by atoms with Gasteiger partial charge in [0.25, 0.3) is 0 Å². The molecule has 10 nitrogen and oxygen atoms in total. The summed E-state index contributed by atoms with van der Waals surface area (Å²) in [6.45, 7) is 7.75. The Hall–Kier alpha value is -1.14. The highest BCUT2D eigenvalue weighted by molar-refractivity contribution is 4.91. The van der Waals surface area contributed by atoms with Crippen LogP contribution in [0.2, 0.25) is 0 Å². The van der Waals surface area contributed by atoms with E-state index in [1.807, 2.05) is 0 Å². The monoisotopic (exact) mass is 417 g/mol. The molecule has 0 aromatic carbocycles. The van der Waals surface area contributed by atoms with E-state index in [0.717, 1.165) is 13.0 Å². The molecule has 0 saturated carbocycles. The molecular weight excluding hydrogens is 382 g/mol. The topological polar surface area (TPSA) is 117 Å². The molecule has 1 fully saturated rings. The van der Waals surface area contributed by atoms with E-state index < -0.39 is 24.6 Å². The molecule has 1 aliphatic heterocycles. The third kappa shape index (κ3) is 9.04. The molecule has 2 N–H and O–H groups in total. The standard InChI is InChI=1S/C19H35N3O7/c1-14(2)4-5-26-6-7-27-8-9-28-13-15-11-22(21-20-15)12-17-19(24)16(23)10-18(25-3)29-17/h11,14,16-19,23-24H,4-10,12-13H2,1-3H3/t16-,17-,18+,19+/m1/s1. The van der Waals surface area contributed by atoms with E-state index in [1.165, 1.54) is 7.11 Å². The predicted molar refractivity (Wildman–Crippen MR) is 103 cm³/mol. The van der Waals surface area contributed by atoms with Gasteiger partial charge in [-0.25, -0.2) is 4.68 Å². The van der Waals surface area contributed by atoms with Crippen LogP contribution >= 0.6 is 0 Å². The van der Waals surface area contributed by atoms with E-state index in [4.69, 9.17) is 23.7 Å². The molecule has 1 saturated heterocycles. The highest BCUT2D eigenvalue weighted by atomic mass is 16.7. The van der Waals surface area contributed by atoms with Gasteiger partial charge in [0.1, 0.15) is 17.9 Å². The quantitative estimate of drug-likeness (QED) is 0.414. The Labute approximate surface area is 172 Å². The SMILES string of the molecule is CO[C@@H]1C[C@@H](O)[C@H](O)[C@@H](Cn2cc(COCCOCCOCCC(C)C)nn2)O1. The normalized spacial score (nSPS) is 25.0. The van der Waals surface area contributed by atoms with Crippen LogP contribution in [0.4, 0.5) is 0 Å². The summed E-state index contributed by atoms with van der Waals surface area (Å²) in [5, 5.41) is 28.1. The lowest BCUT2D eigenvalue weighted by Crippen LogP contribution is -2.50. The van der Waals surface area contributed by atoms with Gasteiger partial charge >= 0.3 is 0 Å². The first kappa shape index (κ1) is 24.1. The van der Waals surface area contributed by atoms with Crippen molar-refractivity contribution in [2.45, 2.75) is 64.4 Å². The van der Waals surface area contributed by atoms with E-state index in [1.54, 1.807) is 10.9 Å². The van der Waals surface area contributed by atoms with Crippen molar-refractivity contribution in [2.75, 3.05) is 40.1 Å².